The number of fused-ring (bicyclic) bond motifs is 6. The fourth-order valence-electron chi connectivity index (χ4n) is 6.08. The Morgan fingerprint density at radius 1 is 0.452 bits per heavy atom. The van der Waals surface area contributed by atoms with E-state index >= 15 is 0 Å². The molecule has 0 atom stereocenters. The number of hydrogen-bond acceptors (Lipinski definition) is 4. The molecular weight excluding hydrogens is 684 g/mol. The highest BCUT2D eigenvalue weighted by Gasteiger charge is 2.27. The Kier molecular flexibility index (Phi) is 6.53. The number of pyridine rings is 2. The SMILES string of the molecule is Brc1ccc(-c2c(-c3ccsc3)c(-c3ccsc3)c(-c3ccc(Br)cc3)c3c4cccnc4c4ncccc4c23)cc1. The normalized spacial score (nSPS) is 11.6. The molecule has 4 aromatic carbocycles. The molecule has 8 rings (SSSR count). The fraction of sp³-hybridized carbons (Fsp3) is 0. The van der Waals surface area contributed by atoms with Crippen molar-refractivity contribution in [3.63, 3.8) is 0 Å². The van der Waals surface area contributed by atoms with Crippen LogP contribution in [0.2, 0.25) is 0 Å². The van der Waals surface area contributed by atoms with E-state index in [1.165, 1.54) is 44.2 Å². The number of thiophene rings is 2. The van der Waals surface area contributed by atoms with Crippen molar-refractivity contribution >= 4 is 87.1 Å². The van der Waals surface area contributed by atoms with Crippen LogP contribution in [0, 0.1) is 0 Å². The molecule has 4 heterocycles. The Hall–Kier alpha value is -3.68. The van der Waals surface area contributed by atoms with Crippen LogP contribution in [0.15, 0.2) is 128 Å². The first-order valence-corrected chi connectivity index (χ1v) is 16.9. The minimum absolute atomic E-state index is 0.917. The zero-order chi connectivity index (χ0) is 28.2. The first kappa shape index (κ1) is 26.0. The van der Waals surface area contributed by atoms with Gasteiger partial charge >= 0.3 is 0 Å². The van der Waals surface area contributed by atoms with Crippen molar-refractivity contribution in [3.05, 3.63) is 128 Å². The van der Waals surface area contributed by atoms with Gasteiger partial charge in [-0.15, -0.1) is 0 Å². The zero-order valence-corrected chi connectivity index (χ0v) is 26.8. The van der Waals surface area contributed by atoms with E-state index in [4.69, 9.17) is 9.97 Å². The molecule has 0 aliphatic heterocycles. The Morgan fingerprint density at radius 3 is 1.26 bits per heavy atom. The van der Waals surface area contributed by atoms with Gasteiger partial charge in [-0.05, 0) is 115 Å². The minimum atomic E-state index is 0.917. The number of aromatic nitrogens is 2. The van der Waals surface area contributed by atoms with Gasteiger partial charge in [-0.3, -0.25) is 9.97 Å². The molecule has 0 N–H and O–H groups in total. The zero-order valence-electron chi connectivity index (χ0n) is 22.0. The van der Waals surface area contributed by atoms with E-state index in [1.54, 1.807) is 22.7 Å². The fourth-order valence-corrected chi connectivity index (χ4v) is 7.90. The summed E-state index contributed by atoms with van der Waals surface area (Å²) < 4.78 is 2.11. The van der Waals surface area contributed by atoms with Crippen molar-refractivity contribution in [3.8, 4) is 44.5 Å². The van der Waals surface area contributed by atoms with Crippen molar-refractivity contribution in [2.45, 2.75) is 0 Å². The molecule has 4 aromatic heterocycles. The maximum absolute atomic E-state index is 4.91. The third kappa shape index (κ3) is 4.16. The molecule has 0 fully saturated rings. The smallest absolute Gasteiger partial charge is 0.0971 e. The summed E-state index contributed by atoms with van der Waals surface area (Å²) in [5.41, 5.74) is 11.5. The van der Waals surface area contributed by atoms with Crippen LogP contribution in [-0.4, -0.2) is 9.97 Å². The lowest BCUT2D eigenvalue weighted by Crippen LogP contribution is -1.99. The minimum Gasteiger partial charge on any atom is -0.254 e. The largest absolute Gasteiger partial charge is 0.254 e. The van der Waals surface area contributed by atoms with Gasteiger partial charge < -0.3 is 0 Å². The molecule has 8 aromatic rings. The van der Waals surface area contributed by atoms with Gasteiger partial charge in [0.2, 0.25) is 0 Å². The lowest BCUT2D eigenvalue weighted by Gasteiger charge is -2.25. The van der Waals surface area contributed by atoms with Crippen LogP contribution < -0.4 is 0 Å². The molecule has 0 aliphatic rings. The van der Waals surface area contributed by atoms with Crippen molar-refractivity contribution in [1.29, 1.82) is 0 Å². The summed E-state index contributed by atoms with van der Waals surface area (Å²) >= 11 is 10.8. The third-order valence-electron chi connectivity index (χ3n) is 7.76. The standard InChI is InChI=1S/C36H20Br2N2S2/c37-25-9-5-21(6-10-25)29-31(23-13-17-41-19-23)32(24-14-18-42-20-24)30(22-7-11-26(38)12-8-22)34-28-4-2-16-40-36(28)35-27(33(29)34)3-1-15-39-35/h1-20H. The van der Waals surface area contributed by atoms with Crippen LogP contribution in [0.25, 0.3) is 77.1 Å². The van der Waals surface area contributed by atoms with Crippen LogP contribution in [0.4, 0.5) is 0 Å². The molecule has 6 heteroatoms. The number of benzene rings is 4. The van der Waals surface area contributed by atoms with Crippen molar-refractivity contribution in [2.24, 2.45) is 0 Å². The van der Waals surface area contributed by atoms with E-state index in [9.17, 15) is 0 Å². The second-order valence-corrected chi connectivity index (χ2v) is 13.5. The highest BCUT2D eigenvalue weighted by molar-refractivity contribution is 9.10. The van der Waals surface area contributed by atoms with E-state index in [2.05, 4.69) is 126 Å². The van der Waals surface area contributed by atoms with Crippen LogP contribution in [0.5, 0.6) is 0 Å². The molecule has 2 nitrogen and oxygen atoms in total. The first-order chi connectivity index (χ1) is 20.7. The summed E-state index contributed by atoms with van der Waals surface area (Å²) in [4.78, 5) is 9.83. The maximum atomic E-state index is 4.91. The summed E-state index contributed by atoms with van der Waals surface area (Å²) in [6, 6.07) is 30.4. The average Bonchev–Trinajstić information content (AvgIpc) is 3.76. The molecule has 42 heavy (non-hydrogen) atoms. The summed E-state index contributed by atoms with van der Waals surface area (Å²) in [6.45, 7) is 0. The van der Waals surface area contributed by atoms with E-state index in [0.717, 1.165) is 41.9 Å². The predicted octanol–water partition coefficient (Wildman–Crippen LogP) is 12.3. The lowest BCUT2D eigenvalue weighted by atomic mass is 9.78. The second kappa shape index (κ2) is 10.5. The van der Waals surface area contributed by atoms with Crippen molar-refractivity contribution in [2.75, 3.05) is 0 Å². The quantitative estimate of drug-likeness (QED) is 0.171. The van der Waals surface area contributed by atoms with Gasteiger partial charge in [0.1, 0.15) is 0 Å². The molecule has 0 saturated carbocycles. The summed E-state index contributed by atoms with van der Waals surface area (Å²) in [5, 5.41) is 13.5. The highest BCUT2D eigenvalue weighted by atomic mass is 79.9. The number of hydrogen-bond donors (Lipinski definition) is 0. The molecule has 0 radical (unpaired) electrons. The van der Waals surface area contributed by atoms with Crippen molar-refractivity contribution in [1.82, 2.24) is 9.97 Å². The third-order valence-corrected chi connectivity index (χ3v) is 10.2. The van der Waals surface area contributed by atoms with Crippen molar-refractivity contribution < 1.29 is 0 Å². The molecule has 0 saturated heterocycles. The Morgan fingerprint density at radius 2 is 0.881 bits per heavy atom. The number of halogens is 2. The van der Waals surface area contributed by atoms with Crippen LogP contribution in [0.1, 0.15) is 0 Å². The number of rotatable bonds is 4. The van der Waals surface area contributed by atoms with E-state index in [0.29, 0.717) is 0 Å². The second-order valence-electron chi connectivity index (χ2n) is 10.1. The molecule has 0 amide bonds. The maximum Gasteiger partial charge on any atom is 0.0971 e. The molecule has 0 bridgehead atoms. The average molecular weight is 705 g/mol. The summed E-state index contributed by atoms with van der Waals surface area (Å²) in [6.07, 6.45) is 3.74. The van der Waals surface area contributed by atoms with Crippen LogP contribution >= 0.6 is 54.5 Å². The topological polar surface area (TPSA) is 25.8 Å². The Bertz CT molecular complexity index is 2080. The Balaban J connectivity index is 1.75. The van der Waals surface area contributed by atoms with Gasteiger partial charge in [0, 0.05) is 42.9 Å². The van der Waals surface area contributed by atoms with E-state index < -0.39 is 0 Å². The van der Waals surface area contributed by atoms with E-state index in [-0.39, 0.29) is 0 Å². The van der Waals surface area contributed by atoms with Gasteiger partial charge in [-0.1, -0.05) is 68.3 Å². The van der Waals surface area contributed by atoms with Crippen LogP contribution in [0.3, 0.4) is 0 Å². The first-order valence-electron chi connectivity index (χ1n) is 13.4. The summed E-state index contributed by atoms with van der Waals surface area (Å²) in [5.74, 6) is 0. The van der Waals surface area contributed by atoms with Gasteiger partial charge in [-0.25, -0.2) is 0 Å². The van der Waals surface area contributed by atoms with E-state index in [1.807, 2.05) is 24.5 Å². The number of nitrogens with zero attached hydrogens (tertiary/aromatic N) is 2. The Labute approximate surface area is 267 Å². The van der Waals surface area contributed by atoms with Crippen LogP contribution in [-0.2, 0) is 0 Å². The molecule has 0 spiro atoms. The van der Waals surface area contributed by atoms with Gasteiger partial charge in [0.25, 0.3) is 0 Å². The lowest BCUT2D eigenvalue weighted by molar-refractivity contribution is 1.38. The molecular formula is C36H20Br2N2S2. The molecule has 0 aliphatic carbocycles. The highest BCUT2D eigenvalue weighted by Crippen LogP contribution is 2.54. The summed E-state index contributed by atoms with van der Waals surface area (Å²) in [7, 11) is 0. The van der Waals surface area contributed by atoms with Gasteiger partial charge in [0.05, 0.1) is 11.0 Å². The molecule has 200 valence electrons. The monoisotopic (exact) mass is 702 g/mol. The predicted molar refractivity (Wildman–Crippen MR) is 187 cm³/mol. The van der Waals surface area contributed by atoms with Gasteiger partial charge in [-0.2, -0.15) is 22.7 Å². The van der Waals surface area contributed by atoms with Gasteiger partial charge in [0.15, 0.2) is 0 Å². The molecule has 0 unspecified atom stereocenters.